The third kappa shape index (κ3) is 3.88. The molecule has 1 unspecified atom stereocenters. The molecule has 1 aromatic rings. The molecule has 0 aliphatic carbocycles. The van der Waals surface area contributed by atoms with Crippen molar-refractivity contribution in [1.82, 2.24) is 0 Å². The molecule has 0 saturated heterocycles. The van der Waals surface area contributed by atoms with Crippen LogP contribution in [0.5, 0.6) is 0 Å². The largest absolute Gasteiger partial charge is 0.384 e. The van der Waals surface area contributed by atoms with Crippen LogP contribution in [0.25, 0.3) is 0 Å². The zero-order valence-corrected chi connectivity index (χ0v) is 9.56. The van der Waals surface area contributed by atoms with Crippen LogP contribution >= 0.6 is 0 Å². The second kappa shape index (κ2) is 6.81. The first kappa shape index (κ1) is 12.5. The van der Waals surface area contributed by atoms with Crippen LogP contribution in [0.2, 0.25) is 0 Å². The van der Waals surface area contributed by atoms with Crippen LogP contribution < -0.4 is 0 Å². The van der Waals surface area contributed by atoms with E-state index in [0.29, 0.717) is 5.56 Å². The summed E-state index contributed by atoms with van der Waals surface area (Å²) in [5, 5.41) is 18.5. The Bertz CT molecular complexity index is 373. The fourth-order valence-corrected chi connectivity index (χ4v) is 1.41. The Labute approximate surface area is 96.8 Å². The summed E-state index contributed by atoms with van der Waals surface area (Å²) in [6.45, 7) is 2.14. The van der Waals surface area contributed by atoms with Gasteiger partial charge in [-0.3, -0.25) is 0 Å². The molecule has 1 rings (SSSR count). The van der Waals surface area contributed by atoms with Crippen LogP contribution in [0.3, 0.4) is 0 Å². The Morgan fingerprint density at radius 3 is 2.62 bits per heavy atom. The summed E-state index contributed by atoms with van der Waals surface area (Å²) < 4.78 is 0. The molecule has 0 bridgehead atoms. The second-order valence-corrected chi connectivity index (χ2v) is 3.75. The second-order valence-electron chi connectivity index (χ2n) is 3.75. The molecule has 0 amide bonds. The standard InChI is InChI=1S/C14H17NO/c1-2-3-4-5-6-14(16)13-9-7-12(11-15)8-10-13/h5-10,14,16H,2-4H2,1H3. The van der Waals surface area contributed by atoms with Crippen LogP contribution in [0.1, 0.15) is 43.4 Å². The lowest BCUT2D eigenvalue weighted by atomic mass is 10.1. The monoisotopic (exact) mass is 215 g/mol. The van der Waals surface area contributed by atoms with Crippen LogP contribution in [-0.4, -0.2) is 5.11 Å². The first-order chi connectivity index (χ1) is 7.77. The SMILES string of the molecule is CCCCC=CC(O)c1ccc(C#N)cc1. The number of nitrogens with zero attached hydrogens (tertiary/aromatic N) is 1. The highest BCUT2D eigenvalue weighted by Gasteiger charge is 2.02. The average Bonchev–Trinajstić information content (AvgIpc) is 2.34. The number of rotatable bonds is 5. The van der Waals surface area contributed by atoms with Gasteiger partial charge in [0.25, 0.3) is 0 Å². The van der Waals surface area contributed by atoms with E-state index in [2.05, 4.69) is 13.0 Å². The summed E-state index contributed by atoms with van der Waals surface area (Å²) in [4.78, 5) is 0. The van der Waals surface area contributed by atoms with E-state index in [1.165, 1.54) is 0 Å². The number of allylic oxidation sites excluding steroid dienone is 1. The molecule has 0 aliphatic rings. The fourth-order valence-electron chi connectivity index (χ4n) is 1.41. The van der Waals surface area contributed by atoms with Crippen molar-refractivity contribution in [3.63, 3.8) is 0 Å². The Morgan fingerprint density at radius 2 is 2.06 bits per heavy atom. The van der Waals surface area contributed by atoms with Crippen molar-refractivity contribution in [1.29, 1.82) is 5.26 Å². The summed E-state index contributed by atoms with van der Waals surface area (Å²) in [6.07, 6.45) is 6.56. The third-order valence-corrected chi connectivity index (χ3v) is 2.42. The Morgan fingerprint density at radius 1 is 1.38 bits per heavy atom. The Hall–Kier alpha value is -1.59. The summed E-state index contributed by atoms with van der Waals surface area (Å²) in [5.74, 6) is 0. The summed E-state index contributed by atoms with van der Waals surface area (Å²) in [5.41, 5.74) is 1.44. The fraction of sp³-hybridized carbons (Fsp3) is 0.357. The van der Waals surface area contributed by atoms with Crippen molar-refractivity contribution >= 4 is 0 Å². The molecule has 84 valence electrons. The van der Waals surface area contributed by atoms with Gasteiger partial charge in [0.05, 0.1) is 17.7 Å². The van der Waals surface area contributed by atoms with E-state index in [0.717, 1.165) is 24.8 Å². The molecule has 2 nitrogen and oxygen atoms in total. The van der Waals surface area contributed by atoms with Gasteiger partial charge in [-0.15, -0.1) is 0 Å². The number of aliphatic hydroxyl groups excluding tert-OH is 1. The lowest BCUT2D eigenvalue weighted by molar-refractivity contribution is 0.228. The third-order valence-electron chi connectivity index (χ3n) is 2.42. The van der Waals surface area contributed by atoms with Gasteiger partial charge in [0.1, 0.15) is 0 Å². The molecule has 0 radical (unpaired) electrons. The molecule has 0 heterocycles. The van der Waals surface area contributed by atoms with Crippen LogP contribution in [-0.2, 0) is 0 Å². The van der Waals surface area contributed by atoms with Crippen molar-refractivity contribution < 1.29 is 5.11 Å². The molecular weight excluding hydrogens is 198 g/mol. The predicted molar refractivity (Wildman–Crippen MR) is 64.8 cm³/mol. The van der Waals surface area contributed by atoms with Crippen LogP contribution in [0.4, 0.5) is 0 Å². The van der Waals surface area contributed by atoms with E-state index < -0.39 is 6.10 Å². The molecule has 1 N–H and O–H groups in total. The maximum atomic E-state index is 9.81. The molecule has 1 aromatic carbocycles. The van der Waals surface area contributed by atoms with Gasteiger partial charge in [0.15, 0.2) is 0 Å². The maximum absolute atomic E-state index is 9.81. The minimum atomic E-state index is -0.565. The minimum absolute atomic E-state index is 0.565. The first-order valence-corrected chi connectivity index (χ1v) is 5.62. The molecule has 0 saturated carbocycles. The number of nitriles is 1. The molecular formula is C14H17NO. The summed E-state index contributed by atoms with van der Waals surface area (Å²) in [7, 11) is 0. The van der Waals surface area contributed by atoms with E-state index >= 15 is 0 Å². The highest BCUT2D eigenvalue weighted by atomic mass is 16.3. The number of hydrogen-bond donors (Lipinski definition) is 1. The van der Waals surface area contributed by atoms with Crippen molar-refractivity contribution in [2.45, 2.75) is 32.3 Å². The smallest absolute Gasteiger partial charge is 0.0991 e. The van der Waals surface area contributed by atoms with Gasteiger partial charge >= 0.3 is 0 Å². The normalized spacial score (nSPS) is 12.6. The van der Waals surface area contributed by atoms with E-state index in [4.69, 9.17) is 5.26 Å². The minimum Gasteiger partial charge on any atom is -0.384 e. The van der Waals surface area contributed by atoms with Gasteiger partial charge < -0.3 is 5.11 Å². The quantitative estimate of drug-likeness (QED) is 0.604. The first-order valence-electron chi connectivity index (χ1n) is 5.62. The zero-order chi connectivity index (χ0) is 11.8. The van der Waals surface area contributed by atoms with E-state index in [-0.39, 0.29) is 0 Å². The van der Waals surface area contributed by atoms with Gasteiger partial charge in [-0.2, -0.15) is 5.26 Å². The molecule has 0 fully saturated rings. The molecule has 1 atom stereocenters. The molecule has 0 spiro atoms. The van der Waals surface area contributed by atoms with E-state index in [1.54, 1.807) is 30.3 Å². The van der Waals surface area contributed by atoms with Crippen molar-refractivity contribution in [3.05, 3.63) is 47.5 Å². The van der Waals surface area contributed by atoms with Crippen molar-refractivity contribution in [2.24, 2.45) is 0 Å². The van der Waals surface area contributed by atoms with Gasteiger partial charge in [-0.1, -0.05) is 44.1 Å². The van der Waals surface area contributed by atoms with Crippen LogP contribution in [0, 0.1) is 11.3 Å². The van der Waals surface area contributed by atoms with Crippen molar-refractivity contribution in [3.8, 4) is 6.07 Å². The maximum Gasteiger partial charge on any atom is 0.0991 e. The number of aliphatic hydroxyl groups is 1. The van der Waals surface area contributed by atoms with Crippen molar-refractivity contribution in [2.75, 3.05) is 0 Å². The van der Waals surface area contributed by atoms with Gasteiger partial charge in [-0.05, 0) is 24.1 Å². The number of hydrogen-bond acceptors (Lipinski definition) is 2. The number of unbranched alkanes of at least 4 members (excludes halogenated alkanes) is 2. The van der Waals surface area contributed by atoms with E-state index in [9.17, 15) is 5.11 Å². The number of benzene rings is 1. The van der Waals surface area contributed by atoms with Gasteiger partial charge in [-0.25, -0.2) is 0 Å². The molecule has 0 aliphatic heterocycles. The molecule has 2 heteroatoms. The topological polar surface area (TPSA) is 44.0 Å². The Balaban J connectivity index is 2.56. The average molecular weight is 215 g/mol. The Kier molecular flexibility index (Phi) is 5.31. The molecule has 16 heavy (non-hydrogen) atoms. The lowest BCUT2D eigenvalue weighted by Gasteiger charge is -2.05. The summed E-state index contributed by atoms with van der Waals surface area (Å²) in [6, 6.07) is 9.06. The van der Waals surface area contributed by atoms with E-state index in [1.807, 2.05) is 6.08 Å². The molecule has 0 aromatic heterocycles. The predicted octanol–water partition coefficient (Wildman–Crippen LogP) is 3.34. The zero-order valence-electron chi connectivity index (χ0n) is 9.56. The lowest BCUT2D eigenvalue weighted by Crippen LogP contribution is -1.92. The van der Waals surface area contributed by atoms with Gasteiger partial charge in [0, 0.05) is 0 Å². The highest BCUT2D eigenvalue weighted by molar-refractivity contribution is 5.33. The van der Waals surface area contributed by atoms with Gasteiger partial charge in [0.2, 0.25) is 0 Å². The van der Waals surface area contributed by atoms with Crippen LogP contribution in [0.15, 0.2) is 36.4 Å². The highest BCUT2D eigenvalue weighted by Crippen LogP contribution is 2.15. The summed E-state index contributed by atoms with van der Waals surface area (Å²) >= 11 is 0.